The number of aromatic nitrogens is 2. The second kappa shape index (κ2) is 5.89. The van der Waals surface area contributed by atoms with Gasteiger partial charge in [0.15, 0.2) is 0 Å². The maximum Gasteiger partial charge on any atom is 0.254 e. The van der Waals surface area contributed by atoms with Gasteiger partial charge in [-0.3, -0.25) is 9.48 Å². The lowest BCUT2D eigenvalue weighted by Gasteiger charge is -2.10. The molecule has 90 valence electrons. The molecular formula is C11H18ClN3O. The third-order valence-corrected chi connectivity index (χ3v) is 2.69. The fourth-order valence-electron chi connectivity index (χ4n) is 1.47. The van der Waals surface area contributed by atoms with Crippen molar-refractivity contribution in [3.8, 4) is 0 Å². The van der Waals surface area contributed by atoms with Crippen molar-refractivity contribution in [1.82, 2.24) is 15.1 Å². The molecule has 0 spiro atoms. The van der Waals surface area contributed by atoms with E-state index in [1.54, 1.807) is 17.9 Å². The highest BCUT2D eigenvalue weighted by Gasteiger charge is 2.12. The van der Waals surface area contributed by atoms with Gasteiger partial charge in [-0.25, -0.2) is 0 Å². The lowest BCUT2D eigenvalue weighted by Crippen LogP contribution is -2.28. The van der Waals surface area contributed by atoms with E-state index in [4.69, 9.17) is 11.6 Å². The van der Waals surface area contributed by atoms with Crippen LogP contribution in [0.15, 0.2) is 6.20 Å². The van der Waals surface area contributed by atoms with Gasteiger partial charge >= 0.3 is 0 Å². The third-order valence-electron chi connectivity index (χ3n) is 2.47. The van der Waals surface area contributed by atoms with Crippen molar-refractivity contribution < 1.29 is 4.79 Å². The average Bonchev–Trinajstić information content (AvgIpc) is 2.55. The molecule has 0 fully saturated rings. The maximum atomic E-state index is 11.8. The SMILES string of the molecule is Cc1nn(C)cc1C(=O)NCC(C)CCCl. The summed E-state index contributed by atoms with van der Waals surface area (Å²) < 4.78 is 1.65. The number of alkyl halides is 1. The summed E-state index contributed by atoms with van der Waals surface area (Å²) in [6, 6.07) is 0. The van der Waals surface area contributed by atoms with Crippen LogP contribution in [0.2, 0.25) is 0 Å². The van der Waals surface area contributed by atoms with Crippen molar-refractivity contribution in [3.05, 3.63) is 17.5 Å². The first kappa shape index (κ1) is 13.0. The summed E-state index contributed by atoms with van der Waals surface area (Å²) >= 11 is 5.63. The van der Waals surface area contributed by atoms with Gasteiger partial charge in [-0.2, -0.15) is 5.10 Å². The van der Waals surface area contributed by atoms with Crippen molar-refractivity contribution in [2.24, 2.45) is 13.0 Å². The minimum Gasteiger partial charge on any atom is -0.352 e. The number of carbonyl (C=O) groups is 1. The first-order valence-corrected chi connectivity index (χ1v) is 5.92. The van der Waals surface area contributed by atoms with Crippen LogP contribution in [0.1, 0.15) is 29.4 Å². The van der Waals surface area contributed by atoms with Crippen LogP contribution in [0.25, 0.3) is 0 Å². The molecule has 1 aromatic heterocycles. The maximum absolute atomic E-state index is 11.8. The van der Waals surface area contributed by atoms with Crippen LogP contribution in [0.4, 0.5) is 0 Å². The van der Waals surface area contributed by atoms with E-state index in [1.165, 1.54) is 0 Å². The number of carbonyl (C=O) groups excluding carboxylic acids is 1. The Balaban J connectivity index is 2.50. The fraction of sp³-hybridized carbons (Fsp3) is 0.636. The van der Waals surface area contributed by atoms with Crippen molar-refractivity contribution >= 4 is 17.5 Å². The van der Waals surface area contributed by atoms with Crippen molar-refractivity contribution in [1.29, 1.82) is 0 Å². The van der Waals surface area contributed by atoms with Gasteiger partial charge in [0.2, 0.25) is 0 Å². The number of hydrogen-bond acceptors (Lipinski definition) is 2. The zero-order valence-electron chi connectivity index (χ0n) is 9.96. The Morgan fingerprint density at radius 2 is 2.38 bits per heavy atom. The Hall–Kier alpha value is -1.03. The molecule has 0 aliphatic carbocycles. The van der Waals surface area contributed by atoms with E-state index >= 15 is 0 Å². The van der Waals surface area contributed by atoms with Gasteiger partial charge in [0.05, 0.1) is 11.3 Å². The Kier molecular flexibility index (Phi) is 4.80. The Bertz CT molecular complexity index is 362. The Morgan fingerprint density at radius 3 is 2.88 bits per heavy atom. The summed E-state index contributed by atoms with van der Waals surface area (Å²) in [5, 5.41) is 7.02. The van der Waals surface area contributed by atoms with Crippen LogP contribution in [0.5, 0.6) is 0 Å². The molecule has 1 amide bonds. The topological polar surface area (TPSA) is 46.9 Å². The lowest BCUT2D eigenvalue weighted by molar-refractivity contribution is 0.0947. The van der Waals surface area contributed by atoms with Crippen LogP contribution >= 0.6 is 11.6 Å². The Labute approximate surface area is 101 Å². The average molecular weight is 244 g/mol. The molecule has 0 saturated carbocycles. The summed E-state index contributed by atoms with van der Waals surface area (Å²) in [6.07, 6.45) is 2.64. The number of amides is 1. The monoisotopic (exact) mass is 243 g/mol. The molecule has 5 heteroatoms. The van der Waals surface area contributed by atoms with Gasteiger partial charge in [0.1, 0.15) is 0 Å². The Morgan fingerprint density at radius 1 is 1.69 bits per heavy atom. The summed E-state index contributed by atoms with van der Waals surface area (Å²) in [5.74, 6) is 0.966. The zero-order valence-corrected chi connectivity index (χ0v) is 10.7. The largest absolute Gasteiger partial charge is 0.352 e. The highest BCUT2D eigenvalue weighted by molar-refractivity contribution is 6.17. The molecule has 0 radical (unpaired) electrons. The minimum atomic E-state index is -0.0629. The first-order chi connectivity index (χ1) is 7.54. The molecular weight excluding hydrogens is 226 g/mol. The molecule has 1 heterocycles. The van der Waals surface area contributed by atoms with Gasteiger partial charge in [-0.05, 0) is 19.3 Å². The highest BCUT2D eigenvalue weighted by atomic mass is 35.5. The van der Waals surface area contributed by atoms with E-state index in [1.807, 2.05) is 6.92 Å². The number of rotatable bonds is 5. The number of nitrogens with one attached hydrogen (secondary N) is 1. The molecule has 1 N–H and O–H groups in total. The van der Waals surface area contributed by atoms with Gasteiger partial charge < -0.3 is 5.32 Å². The first-order valence-electron chi connectivity index (χ1n) is 5.39. The molecule has 1 aromatic rings. The molecule has 0 aromatic carbocycles. The van der Waals surface area contributed by atoms with Gasteiger partial charge in [0, 0.05) is 25.7 Å². The van der Waals surface area contributed by atoms with Crippen LogP contribution in [-0.4, -0.2) is 28.1 Å². The molecule has 0 aliphatic rings. The predicted octanol–water partition coefficient (Wildman–Crippen LogP) is 1.72. The smallest absolute Gasteiger partial charge is 0.254 e. The minimum absolute atomic E-state index is 0.0629. The van der Waals surface area contributed by atoms with Gasteiger partial charge in [0.25, 0.3) is 5.91 Å². The quantitative estimate of drug-likeness (QED) is 0.801. The van der Waals surface area contributed by atoms with Crippen LogP contribution < -0.4 is 5.32 Å². The molecule has 0 bridgehead atoms. The van der Waals surface area contributed by atoms with Crippen LogP contribution in [0.3, 0.4) is 0 Å². The van der Waals surface area contributed by atoms with Crippen LogP contribution in [0, 0.1) is 12.8 Å². The molecule has 0 aliphatic heterocycles. The van der Waals surface area contributed by atoms with Gasteiger partial charge in [-0.15, -0.1) is 11.6 Å². The number of halogens is 1. The number of aryl methyl sites for hydroxylation is 2. The summed E-state index contributed by atoms with van der Waals surface area (Å²) in [7, 11) is 1.81. The van der Waals surface area contributed by atoms with E-state index in [-0.39, 0.29) is 5.91 Å². The summed E-state index contributed by atoms with van der Waals surface area (Å²) in [5.41, 5.74) is 1.39. The normalized spacial score (nSPS) is 12.5. The summed E-state index contributed by atoms with van der Waals surface area (Å²) in [4.78, 5) is 11.8. The van der Waals surface area contributed by atoms with Crippen LogP contribution in [-0.2, 0) is 7.05 Å². The molecule has 1 atom stereocenters. The van der Waals surface area contributed by atoms with Crippen molar-refractivity contribution in [2.75, 3.05) is 12.4 Å². The van der Waals surface area contributed by atoms with Crippen molar-refractivity contribution in [3.63, 3.8) is 0 Å². The van der Waals surface area contributed by atoms with Gasteiger partial charge in [-0.1, -0.05) is 6.92 Å². The summed E-state index contributed by atoms with van der Waals surface area (Å²) in [6.45, 7) is 4.55. The van der Waals surface area contributed by atoms with E-state index in [0.717, 1.165) is 12.1 Å². The second-order valence-corrected chi connectivity index (χ2v) is 4.47. The molecule has 1 rings (SSSR count). The molecule has 4 nitrogen and oxygen atoms in total. The molecule has 1 unspecified atom stereocenters. The number of hydrogen-bond donors (Lipinski definition) is 1. The number of nitrogens with zero attached hydrogens (tertiary/aromatic N) is 2. The van der Waals surface area contributed by atoms with E-state index in [9.17, 15) is 4.79 Å². The third kappa shape index (κ3) is 3.52. The standard InChI is InChI=1S/C11H18ClN3O/c1-8(4-5-12)6-13-11(16)10-7-15(3)14-9(10)2/h7-8H,4-6H2,1-3H3,(H,13,16). The predicted molar refractivity (Wildman–Crippen MR) is 64.8 cm³/mol. The zero-order chi connectivity index (χ0) is 12.1. The fourth-order valence-corrected chi connectivity index (χ4v) is 1.85. The van der Waals surface area contributed by atoms with E-state index < -0.39 is 0 Å². The lowest BCUT2D eigenvalue weighted by atomic mass is 10.1. The second-order valence-electron chi connectivity index (χ2n) is 4.09. The van der Waals surface area contributed by atoms with Crippen molar-refractivity contribution in [2.45, 2.75) is 20.3 Å². The molecule has 0 saturated heterocycles. The molecule has 16 heavy (non-hydrogen) atoms. The van der Waals surface area contributed by atoms with E-state index in [2.05, 4.69) is 17.3 Å². The highest BCUT2D eigenvalue weighted by Crippen LogP contribution is 2.06. The van der Waals surface area contributed by atoms with E-state index in [0.29, 0.717) is 23.9 Å².